The second kappa shape index (κ2) is 8.04. The number of carbonyl (C=O) groups excluding carboxylic acids is 1. The minimum absolute atomic E-state index is 0.0602. The Balaban J connectivity index is 1.81. The Morgan fingerprint density at radius 2 is 2.00 bits per heavy atom. The zero-order chi connectivity index (χ0) is 16.9. The van der Waals surface area contributed by atoms with Crippen molar-refractivity contribution in [2.45, 2.75) is 31.6 Å². The molecule has 0 atom stereocenters. The maximum Gasteiger partial charge on any atom is 0.319 e. The van der Waals surface area contributed by atoms with Crippen molar-refractivity contribution in [2.75, 3.05) is 11.9 Å². The van der Waals surface area contributed by atoms with Crippen LogP contribution in [0.3, 0.4) is 0 Å². The lowest BCUT2D eigenvalue weighted by molar-refractivity contribution is 0.247. The third kappa shape index (κ3) is 6.81. The number of halogens is 1. The molecule has 0 aliphatic heterocycles. The number of carbonyl (C=O) groups is 1. The zero-order valence-electron chi connectivity index (χ0n) is 13.4. The number of benzene rings is 1. The van der Waals surface area contributed by atoms with Crippen LogP contribution >= 0.6 is 34.9 Å². The smallest absolute Gasteiger partial charge is 0.319 e. The summed E-state index contributed by atoms with van der Waals surface area (Å²) in [6, 6.07) is 9.46. The van der Waals surface area contributed by atoms with Crippen molar-refractivity contribution < 1.29 is 4.79 Å². The number of amides is 2. The fourth-order valence-electron chi connectivity index (χ4n) is 1.63. The molecule has 1 aromatic carbocycles. The molecule has 2 N–H and O–H groups in total. The first kappa shape index (κ1) is 18.1. The molecule has 0 saturated carbocycles. The zero-order valence-corrected chi connectivity index (χ0v) is 15.7. The Labute approximate surface area is 150 Å². The van der Waals surface area contributed by atoms with E-state index in [9.17, 15) is 4.79 Å². The lowest BCUT2D eigenvalue weighted by Gasteiger charge is -2.18. The van der Waals surface area contributed by atoms with Gasteiger partial charge in [0, 0.05) is 23.4 Å². The number of anilines is 1. The van der Waals surface area contributed by atoms with Crippen molar-refractivity contribution >= 4 is 45.9 Å². The van der Waals surface area contributed by atoms with Crippen LogP contribution in [0.5, 0.6) is 0 Å². The summed E-state index contributed by atoms with van der Waals surface area (Å²) in [5, 5.41) is 8.05. The van der Waals surface area contributed by atoms with Crippen molar-refractivity contribution in [1.82, 2.24) is 9.69 Å². The lowest BCUT2D eigenvalue weighted by Crippen LogP contribution is -2.35. The van der Waals surface area contributed by atoms with Crippen LogP contribution in [0, 0.1) is 5.41 Å². The van der Waals surface area contributed by atoms with Crippen LogP contribution in [0.15, 0.2) is 35.4 Å². The molecule has 124 valence electrons. The molecule has 1 heterocycles. The van der Waals surface area contributed by atoms with E-state index in [-0.39, 0.29) is 11.4 Å². The van der Waals surface area contributed by atoms with Gasteiger partial charge in [0.2, 0.25) is 0 Å². The molecule has 0 spiro atoms. The van der Waals surface area contributed by atoms with Gasteiger partial charge in [-0.3, -0.25) is 5.32 Å². The number of nitrogens with one attached hydrogen (secondary N) is 2. The molecule has 0 radical (unpaired) electrons. The molecule has 0 unspecified atom stereocenters. The van der Waals surface area contributed by atoms with E-state index >= 15 is 0 Å². The molecule has 2 amide bonds. The molecule has 0 fully saturated rings. The van der Waals surface area contributed by atoms with Gasteiger partial charge in [-0.1, -0.05) is 44.5 Å². The molecule has 0 aliphatic rings. The molecular weight excluding hydrogens is 350 g/mol. The van der Waals surface area contributed by atoms with Crippen molar-refractivity contribution in [3.8, 4) is 0 Å². The van der Waals surface area contributed by atoms with Gasteiger partial charge in [0.25, 0.3) is 0 Å². The van der Waals surface area contributed by atoms with Gasteiger partial charge in [-0.05, 0) is 34.6 Å². The third-order valence-electron chi connectivity index (χ3n) is 2.80. The normalized spacial score (nSPS) is 11.3. The predicted octanol–water partition coefficient (Wildman–Crippen LogP) is 5.26. The van der Waals surface area contributed by atoms with Gasteiger partial charge in [0.05, 0.1) is 0 Å². The summed E-state index contributed by atoms with van der Waals surface area (Å²) < 4.78 is 4.35. The molecule has 2 rings (SSSR count). The van der Waals surface area contributed by atoms with Crippen molar-refractivity contribution in [2.24, 2.45) is 5.41 Å². The van der Waals surface area contributed by atoms with Crippen molar-refractivity contribution in [1.29, 1.82) is 0 Å². The Kier molecular flexibility index (Phi) is 6.33. The second-order valence-electron chi connectivity index (χ2n) is 6.31. The van der Waals surface area contributed by atoms with Crippen LogP contribution in [0.2, 0.25) is 5.02 Å². The number of rotatable bonds is 5. The maximum absolute atomic E-state index is 11.8. The monoisotopic (exact) mass is 369 g/mol. The molecule has 23 heavy (non-hydrogen) atoms. The fraction of sp³-hybridized carbons (Fsp3) is 0.375. The number of aromatic nitrogens is 1. The maximum atomic E-state index is 11.8. The fourth-order valence-corrected chi connectivity index (χ4v) is 3.40. The van der Waals surface area contributed by atoms with E-state index in [2.05, 4.69) is 35.8 Å². The topological polar surface area (TPSA) is 54.0 Å². The average molecular weight is 370 g/mol. The summed E-state index contributed by atoms with van der Waals surface area (Å²) in [6.45, 7) is 6.85. The van der Waals surface area contributed by atoms with E-state index in [1.165, 1.54) is 17.1 Å². The van der Waals surface area contributed by atoms with Gasteiger partial charge in [0.15, 0.2) is 0 Å². The predicted molar refractivity (Wildman–Crippen MR) is 99.6 cm³/mol. The van der Waals surface area contributed by atoms with E-state index in [1.54, 1.807) is 11.8 Å². The van der Waals surface area contributed by atoms with Crippen LogP contribution in [-0.4, -0.2) is 16.9 Å². The summed E-state index contributed by atoms with van der Waals surface area (Å²) >= 11 is 8.79. The highest BCUT2D eigenvalue weighted by Crippen LogP contribution is 2.27. The Hall–Kier alpha value is -1.24. The summed E-state index contributed by atoms with van der Waals surface area (Å²) in [5.41, 5.74) is 1.25. The molecule has 2 aromatic rings. The van der Waals surface area contributed by atoms with Crippen LogP contribution in [0.1, 0.15) is 26.3 Å². The Morgan fingerprint density at radius 1 is 1.30 bits per heavy atom. The highest BCUT2D eigenvalue weighted by molar-refractivity contribution is 7.98. The van der Waals surface area contributed by atoms with Gasteiger partial charge in [0.1, 0.15) is 10.0 Å². The summed E-state index contributed by atoms with van der Waals surface area (Å²) in [4.78, 5) is 11.8. The molecule has 1 aromatic heterocycles. The van der Waals surface area contributed by atoms with Crippen LogP contribution in [0.4, 0.5) is 9.80 Å². The molecule has 4 nitrogen and oxygen atoms in total. The van der Waals surface area contributed by atoms with Crippen LogP contribution in [0.25, 0.3) is 0 Å². The number of hydrogen-bond acceptors (Lipinski definition) is 4. The molecular formula is C16H20ClN3OS2. The summed E-state index contributed by atoms with van der Waals surface area (Å²) in [5.74, 6) is 0.816. The first-order chi connectivity index (χ1) is 10.8. The average Bonchev–Trinajstić information content (AvgIpc) is 2.91. The van der Waals surface area contributed by atoms with Gasteiger partial charge >= 0.3 is 6.03 Å². The molecule has 0 aliphatic carbocycles. The highest BCUT2D eigenvalue weighted by Gasteiger charge is 2.12. The van der Waals surface area contributed by atoms with Gasteiger partial charge in [-0.25, -0.2) is 4.79 Å². The first-order valence-electron chi connectivity index (χ1n) is 7.21. The van der Waals surface area contributed by atoms with E-state index in [0.717, 1.165) is 20.8 Å². The number of urea groups is 1. The minimum atomic E-state index is -0.196. The van der Waals surface area contributed by atoms with E-state index in [1.807, 2.05) is 30.3 Å². The van der Waals surface area contributed by atoms with Crippen molar-refractivity contribution in [3.05, 3.63) is 40.9 Å². The van der Waals surface area contributed by atoms with E-state index < -0.39 is 0 Å². The quantitative estimate of drug-likeness (QED) is 0.707. The number of thioether (sulfide) groups is 1. The van der Waals surface area contributed by atoms with Crippen molar-refractivity contribution in [3.63, 3.8) is 0 Å². The number of hydrogen-bond donors (Lipinski definition) is 2. The molecule has 0 bridgehead atoms. The van der Waals surface area contributed by atoms with E-state index in [0.29, 0.717) is 6.54 Å². The summed E-state index contributed by atoms with van der Waals surface area (Å²) in [6.07, 6.45) is 0. The van der Waals surface area contributed by atoms with Gasteiger partial charge in [-0.15, -0.1) is 11.8 Å². The SMILES string of the molecule is CC(C)(C)CNC(=O)Nc1cc(SCc2ccc(Cl)cc2)ns1. The van der Waals surface area contributed by atoms with Gasteiger partial charge < -0.3 is 5.32 Å². The molecule has 7 heteroatoms. The highest BCUT2D eigenvalue weighted by atomic mass is 35.5. The minimum Gasteiger partial charge on any atom is -0.337 e. The lowest BCUT2D eigenvalue weighted by atomic mass is 9.97. The van der Waals surface area contributed by atoms with Crippen LogP contribution in [-0.2, 0) is 5.75 Å². The standard InChI is InChI=1S/C16H20ClN3OS2/c1-16(2,3)10-18-15(21)19-13-8-14(20-23-13)22-9-11-4-6-12(17)7-5-11/h4-8H,9-10H2,1-3H3,(H2,18,19,21). The Morgan fingerprint density at radius 3 is 2.65 bits per heavy atom. The largest absolute Gasteiger partial charge is 0.337 e. The van der Waals surface area contributed by atoms with Gasteiger partial charge in [-0.2, -0.15) is 4.37 Å². The number of nitrogens with zero attached hydrogens (tertiary/aromatic N) is 1. The Bertz CT molecular complexity index is 650. The summed E-state index contributed by atoms with van der Waals surface area (Å²) in [7, 11) is 0. The molecule has 0 saturated heterocycles. The second-order valence-corrected chi connectivity index (χ2v) is 8.55. The first-order valence-corrected chi connectivity index (χ1v) is 9.34. The third-order valence-corrected chi connectivity index (χ3v) is 4.86. The van der Waals surface area contributed by atoms with Crippen LogP contribution < -0.4 is 10.6 Å². The van der Waals surface area contributed by atoms with E-state index in [4.69, 9.17) is 11.6 Å².